The summed E-state index contributed by atoms with van der Waals surface area (Å²) >= 11 is 0. The molecule has 0 bridgehead atoms. The third-order valence-corrected chi connectivity index (χ3v) is 5.63. The van der Waals surface area contributed by atoms with Crippen molar-refractivity contribution in [3.05, 3.63) is 60.1 Å². The zero-order valence-corrected chi connectivity index (χ0v) is 14.0. The van der Waals surface area contributed by atoms with E-state index < -0.39 is 0 Å². The van der Waals surface area contributed by atoms with E-state index in [0.717, 1.165) is 25.9 Å². The van der Waals surface area contributed by atoms with Crippen molar-refractivity contribution >= 4 is 5.91 Å². The Balaban J connectivity index is 1.56. The van der Waals surface area contributed by atoms with Gasteiger partial charge in [-0.3, -0.25) is 9.69 Å². The summed E-state index contributed by atoms with van der Waals surface area (Å²) in [4.78, 5) is 17.1. The van der Waals surface area contributed by atoms with Crippen LogP contribution in [0, 0.1) is 0 Å². The third-order valence-electron chi connectivity index (χ3n) is 5.63. The number of hydrogen-bond acceptors (Lipinski definition) is 3. The van der Waals surface area contributed by atoms with E-state index in [9.17, 15) is 4.79 Å². The van der Waals surface area contributed by atoms with Gasteiger partial charge in [-0.15, -0.1) is 0 Å². The highest BCUT2D eigenvalue weighted by Crippen LogP contribution is 2.41. The molecule has 1 amide bonds. The molecule has 0 saturated carbocycles. The Morgan fingerprint density at radius 1 is 0.917 bits per heavy atom. The summed E-state index contributed by atoms with van der Waals surface area (Å²) in [6.07, 6.45) is 6.11. The molecule has 0 N–H and O–H groups in total. The highest BCUT2D eigenvalue weighted by atomic mass is 16.3. The van der Waals surface area contributed by atoms with Gasteiger partial charge in [0.25, 0.3) is 5.91 Å². The lowest BCUT2D eigenvalue weighted by Gasteiger charge is -2.48. The number of rotatable bonds is 3. The number of furan rings is 1. The first-order valence-electron chi connectivity index (χ1n) is 8.93. The molecular weight excluding hydrogens is 300 g/mol. The number of carbonyl (C=O) groups excluding carboxylic acids is 1. The lowest BCUT2D eigenvalue weighted by atomic mass is 9.79. The maximum Gasteiger partial charge on any atom is 0.289 e. The molecule has 2 aliphatic heterocycles. The van der Waals surface area contributed by atoms with Gasteiger partial charge in [0.05, 0.1) is 6.26 Å². The van der Waals surface area contributed by atoms with Crippen molar-refractivity contribution in [1.29, 1.82) is 0 Å². The molecule has 1 aromatic carbocycles. The molecule has 2 aromatic rings. The van der Waals surface area contributed by atoms with Crippen LogP contribution in [0.3, 0.4) is 0 Å². The number of likely N-dealkylation sites (tertiary alicyclic amines) is 2. The number of nitrogens with zero attached hydrogens (tertiary/aromatic N) is 2. The van der Waals surface area contributed by atoms with Crippen molar-refractivity contribution in [2.45, 2.75) is 31.2 Å². The monoisotopic (exact) mass is 324 g/mol. The summed E-state index contributed by atoms with van der Waals surface area (Å²) in [7, 11) is 0. The molecule has 4 rings (SSSR count). The molecule has 0 radical (unpaired) electrons. The van der Waals surface area contributed by atoms with Gasteiger partial charge in [0.15, 0.2) is 5.76 Å². The second-order valence-corrected chi connectivity index (χ2v) is 6.86. The van der Waals surface area contributed by atoms with Gasteiger partial charge in [-0.1, -0.05) is 30.3 Å². The summed E-state index contributed by atoms with van der Waals surface area (Å²) in [6, 6.07) is 14.4. The first-order valence-corrected chi connectivity index (χ1v) is 8.93. The number of piperidine rings is 1. The van der Waals surface area contributed by atoms with Crippen molar-refractivity contribution in [2.75, 3.05) is 26.2 Å². The quantitative estimate of drug-likeness (QED) is 0.867. The van der Waals surface area contributed by atoms with E-state index in [1.807, 2.05) is 4.90 Å². The van der Waals surface area contributed by atoms with Crippen LogP contribution in [-0.4, -0.2) is 41.9 Å². The molecule has 3 heterocycles. The average molecular weight is 324 g/mol. The maximum atomic E-state index is 12.5. The van der Waals surface area contributed by atoms with Gasteiger partial charge in [-0.25, -0.2) is 0 Å². The Hall–Kier alpha value is -2.07. The summed E-state index contributed by atoms with van der Waals surface area (Å²) in [5, 5.41) is 0. The molecular formula is C20H24N2O2. The van der Waals surface area contributed by atoms with Gasteiger partial charge in [-0.05, 0) is 56.5 Å². The van der Waals surface area contributed by atoms with Crippen LogP contribution in [0.15, 0.2) is 53.1 Å². The van der Waals surface area contributed by atoms with Crippen LogP contribution in [0.4, 0.5) is 0 Å². The Labute approximate surface area is 143 Å². The zero-order valence-electron chi connectivity index (χ0n) is 14.0. The fraction of sp³-hybridized carbons (Fsp3) is 0.450. The van der Waals surface area contributed by atoms with Gasteiger partial charge < -0.3 is 9.32 Å². The second kappa shape index (κ2) is 6.44. The molecule has 0 spiro atoms. The number of benzene rings is 1. The minimum absolute atomic E-state index is 0.0167. The molecule has 126 valence electrons. The Morgan fingerprint density at radius 2 is 1.62 bits per heavy atom. The van der Waals surface area contributed by atoms with Crippen molar-refractivity contribution in [3.63, 3.8) is 0 Å². The lowest BCUT2D eigenvalue weighted by Crippen LogP contribution is -2.53. The van der Waals surface area contributed by atoms with Crippen LogP contribution in [0.25, 0.3) is 0 Å². The lowest BCUT2D eigenvalue weighted by molar-refractivity contribution is 0.0278. The third kappa shape index (κ3) is 2.65. The Kier molecular flexibility index (Phi) is 4.15. The summed E-state index contributed by atoms with van der Waals surface area (Å²) in [5.74, 6) is 0.464. The van der Waals surface area contributed by atoms with Crippen LogP contribution in [-0.2, 0) is 5.54 Å². The van der Waals surface area contributed by atoms with Crippen LogP contribution >= 0.6 is 0 Å². The van der Waals surface area contributed by atoms with E-state index in [0.29, 0.717) is 5.76 Å². The predicted molar refractivity (Wildman–Crippen MR) is 92.8 cm³/mol. The van der Waals surface area contributed by atoms with Gasteiger partial charge in [0.1, 0.15) is 0 Å². The minimum atomic E-state index is 0.0167. The summed E-state index contributed by atoms with van der Waals surface area (Å²) < 4.78 is 5.28. The fourth-order valence-corrected chi connectivity index (χ4v) is 4.32. The summed E-state index contributed by atoms with van der Waals surface area (Å²) in [5.41, 5.74) is 1.48. The van der Waals surface area contributed by atoms with Gasteiger partial charge in [0, 0.05) is 18.6 Å². The standard InChI is InChI=1S/C20H24N2O2/c23-19(18-9-6-16-24-18)21-14-10-20(11-15-21,22-12-4-5-13-22)17-7-2-1-3-8-17/h1-3,6-9,16H,4-5,10-15H2. The molecule has 2 saturated heterocycles. The van der Waals surface area contributed by atoms with Crippen LogP contribution in [0.1, 0.15) is 41.8 Å². The second-order valence-electron chi connectivity index (χ2n) is 6.86. The first-order chi connectivity index (χ1) is 11.8. The molecule has 24 heavy (non-hydrogen) atoms. The molecule has 0 unspecified atom stereocenters. The highest BCUT2D eigenvalue weighted by Gasteiger charge is 2.43. The Bertz CT molecular complexity index is 667. The van der Waals surface area contributed by atoms with Gasteiger partial charge >= 0.3 is 0 Å². The first kappa shape index (κ1) is 15.5. The predicted octanol–water partition coefficient (Wildman–Crippen LogP) is 3.51. The number of hydrogen-bond donors (Lipinski definition) is 0. The van der Waals surface area contributed by atoms with E-state index in [-0.39, 0.29) is 11.4 Å². The average Bonchev–Trinajstić information content (AvgIpc) is 3.36. The number of amides is 1. The zero-order chi connectivity index (χ0) is 16.4. The SMILES string of the molecule is O=C(c1ccco1)N1CCC(c2ccccc2)(N2CCCC2)CC1. The molecule has 1 aromatic heterocycles. The van der Waals surface area contributed by atoms with Crippen LogP contribution < -0.4 is 0 Å². The molecule has 4 nitrogen and oxygen atoms in total. The van der Waals surface area contributed by atoms with Crippen molar-refractivity contribution < 1.29 is 9.21 Å². The van der Waals surface area contributed by atoms with Gasteiger partial charge in [-0.2, -0.15) is 0 Å². The van der Waals surface area contributed by atoms with E-state index >= 15 is 0 Å². The molecule has 4 heteroatoms. The molecule has 2 aliphatic rings. The Morgan fingerprint density at radius 3 is 2.25 bits per heavy atom. The largest absolute Gasteiger partial charge is 0.459 e. The normalized spacial score (nSPS) is 21.1. The smallest absolute Gasteiger partial charge is 0.289 e. The van der Waals surface area contributed by atoms with E-state index in [1.165, 1.54) is 31.5 Å². The maximum absolute atomic E-state index is 12.5. The van der Waals surface area contributed by atoms with Crippen molar-refractivity contribution in [1.82, 2.24) is 9.80 Å². The summed E-state index contributed by atoms with van der Waals surface area (Å²) in [6.45, 7) is 3.90. The van der Waals surface area contributed by atoms with Gasteiger partial charge in [0.2, 0.25) is 0 Å². The van der Waals surface area contributed by atoms with Crippen LogP contribution in [0.2, 0.25) is 0 Å². The number of carbonyl (C=O) groups is 1. The van der Waals surface area contributed by atoms with E-state index in [1.54, 1.807) is 18.4 Å². The highest BCUT2D eigenvalue weighted by molar-refractivity contribution is 5.91. The van der Waals surface area contributed by atoms with Crippen molar-refractivity contribution in [2.24, 2.45) is 0 Å². The van der Waals surface area contributed by atoms with E-state index in [4.69, 9.17) is 4.42 Å². The molecule has 0 atom stereocenters. The fourth-order valence-electron chi connectivity index (χ4n) is 4.32. The van der Waals surface area contributed by atoms with E-state index in [2.05, 4.69) is 35.2 Å². The minimum Gasteiger partial charge on any atom is -0.459 e. The molecule has 2 fully saturated rings. The van der Waals surface area contributed by atoms with Crippen molar-refractivity contribution in [3.8, 4) is 0 Å². The van der Waals surface area contributed by atoms with Crippen LogP contribution in [0.5, 0.6) is 0 Å². The molecule has 0 aliphatic carbocycles. The topological polar surface area (TPSA) is 36.7 Å².